The van der Waals surface area contributed by atoms with Crippen LogP contribution in [0.15, 0.2) is 34.9 Å². The number of carboxylic acids is 2. The fourth-order valence-electron chi connectivity index (χ4n) is 9.52. The van der Waals surface area contributed by atoms with Gasteiger partial charge in [-0.1, -0.05) is 43.2 Å². The van der Waals surface area contributed by atoms with E-state index in [1.165, 1.54) is 43.3 Å². The molecule has 4 nitrogen and oxygen atoms in total. The van der Waals surface area contributed by atoms with E-state index in [4.69, 9.17) is 5.11 Å². The van der Waals surface area contributed by atoms with Gasteiger partial charge >= 0.3 is 11.9 Å². The van der Waals surface area contributed by atoms with Gasteiger partial charge in [-0.05, 0) is 118 Å². The lowest BCUT2D eigenvalue weighted by atomic mass is 9.44. The Morgan fingerprint density at radius 2 is 1.76 bits per heavy atom. The summed E-state index contributed by atoms with van der Waals surface area (Å²) < 4.78 is 0. The van der Waals surface area contributed by atoms with Crippen molar-refractivity contribution in [3.05, 3.63) is 34.9 Å². The van der Waals surface area contributed by atoms with Crippen LogP contribution in [-0.2, 0) is 9.59 Å². The quantitative estimate of drug-likeness (QED) is 0.285. The average molecular weight is 469 g/mol. The van der Waals surface area contributed by atoms with E-state index in [2.05, 4.69) is 34.3 Å². The molecule has 0 radical (unpaired) electrons. The Kier molecular flexibility index (Phi) is 6.23. The molecule has 0 saturated heterocycles. The molecule has 188 valence electrons. The number of carboxylic acid groups (broad SMARTS) is 2. The van der Waals surface area contributed by atoms with E-state index in [1.54, 1.807) is 12.5 Å². The van der Waals surface area contributed by atoms with E-state index in [1.807, 2.05) is 6.08 Å². The van der Waals surface area contributed by atoms with E-state index in [0.717, 1.165) is 32.1 Å². The molecule has 0 aliphatic heterocycles. The molecule has 4 heteroatoms. The molecule has 1 spiro atoms. The fraction of sp³-hybridized carbons (Fsp3) is 0.733. The van der Waals surface area contributed by atoms with E-state index < -0.39 is 11.9 Å². The Morgan fingerprint density at radius 1 is 1.06 bits per heavy atom. The first-order chi connectivity index (χ1) is 15.8. The highest BCUT2D eigenvalue weighted by Gasteiger charge is 2.79. The van der Waals surface area contributed by atoms with Crippen molar-refractivity contribution in [1.29, 1.82) is 0 Å². The second-order valence-corrected chi connectivity index (χ2v) is 12.7. The molecule has 34 heavy (non-hydrogen) atoms. The Bertz CT molecular complexity index is 972. The summed E-state index contributed by atoms with van der Waals surface area (Å²) in [7, 11) is 0. The maximum atomic E-state index is 11.6. The smallest absolute Gasteiger partial charge is 0.330 e. The Balaban J connectivity index is 1.62. The molecule has 0 unspecified atom stereocenters. The molecule has 4 fully saturated rings. The monoisotopic (exact) mass is 468 g/mol. The van der Waals surface area contributed by atoms with Crippen LogP contribution in [0.4, 0.5) is 0 Å². The summed E-state index contributed by atoms with van der Waals surface area (Å²) in [6.45, 7) is 15.5. The maximum absolute atomic E-state index is 11.6. The number of hydrogen-bond donors (Lipinski definition) is 2. The average Bonchev–Trinajstić information content (AvgIpc) is 3.35. The van der Waals surface area contributed by atoms with Gasteiger partial charge in [-0.15, -0.1) is 0 Å². The Hall–Kier alpha value is -1.84. The van der Waals surface area contributed by atoms with E-state index in [-0.39, 0.29) is 22.7 Å². The van der Waals surface area contributed by atoms with Crippen LogP contribution in [0, 0.1) is 33.5 Å². The minimum absolute atomic E-state index is 0.144. The summed E-state index contributed by atoms with van der Waals surface area (Å²) >= 11 is 0. The highest BCUT2D eigenvalue weighted by molar-refractivity contribution is 5.85. The summed E-state index contributed by atoms with van der Waals surface area (Å²) in [5.74, 6) is -0.370. The molecule has 4 aliphatic carbocycles. The minimum Gasteiger partial charge on any atom is -0.481 e. The van der Waals surface area contributed by atoms with Gasteiger partial charge in [0.25, 0.3) is 0 Å². The first kappa shape index (κ1) is 25.3. The zero-order valence-electron chi connectivity index (χ0n) is 21.9. The predicted molar refractivity (Wildman–Crippen MR) is 135 cm³/mol. The van der Waals surface area contributed by atoms with Crippen LogP contribution in [0.5, 0.6) is 0 Å². The second-order valence-electron chi connectivity index (χ2n) is 12.7. The SMILES string of the molecule is C=C(C)[C@@H]1CC[C@@H]2[C@]3(CC[C@]4(C)/C(=C(\C)CC/C=C(/C)C(=O)O)CC[C@@]24C)C[C@]13CCC(=O)O. The predicted octanol–water partition coefficient (Wildman–Crippen LogP) is 7.56. The minimum atomic E-state index is -0.829. The third-order valence-electron chi connectivity index (χ3n) is 11.4. The van der Waals surface area contributed by atoms with Crippen molar-refractivity contribution in [2.75, 3.05) is 0 Å². The van der Waals surface area contributed by atoms with Gasteiger partial charge < -0.3 is 10.2 Å². The molecule has 2 N–H and O–H groups in total. The standard InChI is InChI=1S/C30H44O4/c1-19(2)22-10-11-24-28(6)14-12-23(20(3)8-7-9-21(4)26(33)34)27(28,5)16-17-30(24)18-29(22,30)15-13-25(31)32/h9,22,24H,1,7-8,10-18H2,2-6H3,(H,31,32)(H,33,34)/b21-9-,23-20+/t22-,24-,27+,28-,29+,30-/m0/s1. The van der Waals surface area contributed by atoms with Gasteiger partial charge in [0.1, 0.15) is 0 Å². The molecule has 4 saturated carbocycles. The van der Waals surface area contributed by atoms with Gasteiger partial charge in [0.2, 0.25) is 0 Å². The van der Waals surface area contributed by atoms with Crippen molar-refractivity contribution < 1.29 is 19.8 Å². The van der Waals surface area contributed by atoms with Crippen LogP contribution in [0.2, 0.25) is 0 Å². The molecule has 0 aromatic rings. The molecular weight excluding hydrogens is 424 g/mol. The number of carbonyl (C=O) groups is 2. The van der Waals surface area contributed by atoms with E-state index >= 15 is 0 Å². The van der Waals surface area contributed by atoms with Gasteiger partial charge in [-0.25, -0.2) is 4.79 Å². The van der Waals surface area contributed by atoms with Crippen molar-refractivity contribution in [1.82, 2.24) is 0 Å². The fourth-order valence-corrected chi connectivity index (χ4v) is 9.52. The van der Waals surface area contributed by atoms with Crippen molar-refractivity contribution in [3.63, 3.8) is 0 Å². The van der Waals surface area contributed by atoms with Crippen LogP contribution in [-0.4, -0.2) is 22.2 Å². The van der Waals surface area contributed by atoms with Crippen LogP contribution in [0.25, 0.3) is 0 Å². The molecule has 6 atom stereocenters. The lowest BCUT2D eigenvalue weighted by Crippen LogP contribution is -2.52. The zero-order valence-corrected chi connectivity index (χ0v) is 21.9. The van der Waals surface area contributed by atoms with Gasteiger partial charge in [0.15, 0.2) is 0 Å². The van der Waals surface area contributed by atoms with Crippen molar-refractivity contribution in [2.24, 2.45) is 33.5 Å². The topological polar surface area (TPSA) is 74.6 Å². The van der Waals surface area contributed by atoms with Crippen molar-refractivity contribution in [2.45, 2.75) is 105 Å². The van der Waals surface area contributed by atoms with Gasteiger partial charge in [-0.3, -0.25) is 4.79 Å². The van der Waals surface area contributed by atoms with Gasteiger partial charge in [0, 0.05) is 12.0 Å². The van der Waals surface area contributed by atoms with Gasteiger partial charge in [0.05, 0.1) is 0 Å². The largest absolute Gasteiger partial charge is 0.481 e. The van der Waals surface area contributed by atoms with Crippen LogP contribution < -0.4 is 0 Å². The molecule has 4 rings (SSSR count). The summed E-state index contributed by atoms with van der Waals surface area (Å²) in [5, 5.41) is 18.7. The maximum Gasteiger partial charge on any atom is 0.330 e. The number of allylic oxidation sites excluding steroid dienone is 4. The van der Waals surface area contributed by atoms with E-state index in [0.29, 0.717) is 22.8 Å². The van der Waals surface area contributed by atoms with E-state index in [9.17, 15) is 14.7 Å². The molecule has 0 bridgehead atoms. The molecule has 0 aromatic heterocycles. The second kappa shape index (κ2) is 8.38. The zero-order chi connectivity index (χ0) is 25.1. The summed E-state index contributed by atoms with van der Waals surface area (Å²) in [6.07, 6.45) is 13.0. The lowest BCUT2D eigenvalue weighted by molar-refractivity contribution is -0.138. The highest BCUT2D eigenvalue weighted by atomic mass is 16.4. The normalized spacial score (nSPS) is 42.3. The first-order valence-electron chi connectivity index (χ1n) is 13.3. The van der Waals surface area contributed by atoms with Crippen molar-refractivity contribution in [3.8, 4) is 0 Å². The Morgan fingerprint density at radius 3 is 2.38 bits per heavy atom. The summed E-state index contributed by atoms with van der Waals surface area (Å²) in [4.78, 5) is 22.7. The summed E-state index contributed by atoms with van der Waals surface area (Å²) in [5.41, 5.74) is 5.65. The Labute approximate surface area is 205 Å². The third-order valence-corrected chi connectivity index (χ3v) is 11.4. The first-order valence-corrected chi connectivity index (χ1v) is 13.3. The number of aliphatic carboxylic acids is 2. The molecule has 0 heterocycles. The van der Waals surface area contributed by atoms with Gasteiger partial charge in [-0.2, -0.15) is 0 Å². The summed E-state index contributed by atoms with van der Waals surface area (Å²) in [6, 6.07) is 0. The van der Waals surface area contributed by atoms with Crippen LogP contribution in [0.1, 0.15) is 105 Å². The third kappa shape index (κ3) is 3.45. The molecular formula is C30H44O4. The highest BCUT2D eigenvalue weighted by Crippen LogP contribution is 2.87. The molecule has 4 aliphatic rings. The van der Waals surface area contributed by atoms with Crippen molar-refractivity contribution >= 4 is 11.9 Å². The van der Waals surface area contributed by atoms with Crippen LogP contribution >= 0.6 is 0 Å². The number of fused-ring (bicyclic) bond motifs is 2. The molecule has 0 aromatic carbocycles. The number of hydrogen-bond acceptors (Lipinski definition) is 2. The molecule has 0 amide bonds. The lowest BCUT2D eigenvalue weighted by Gasteiger charge is -2.59. The number of rotatable bonds is 8. The van der Waals surface area contributed by atoms with Crippen LogP contribution in [0.3, 0.4) is 0 Å².